The number of carboxylic acid groups (broad SMARTS) is 1. The summed E-state index contributed by atoms with van der Waals surface area (Å²) in [7, 11) is 0. The zero-order valence-electron chi connectivity index (χ0n) is 10.1. The lowest BCUT2D eigenvalue weighted by molar-refractivity contribution is -0.384. The van der Waals surface area contributed by atoms with Gasteiger partial charge in [0.05, 0.1) is 10.8 Å². The maximum atomic E-state index is 10.7. The van der Waals surface area contributed by atoms with E-state index >= 15 is 0 Å². The number of nitrogens with zero attached hydrogens (tertiary/aromatic N) is 1. The van der Waals surface area contributed by atoms with E-state index in [0.29, 0.717) is 12.8 Å². The summed E-state index contributed by atoms with van der Waals surface area (Å²) < 4.78 is 0. The number of carboxylic acids is 1. The van der Waals surface area contributed by atoms with Crippen LogP contribution in [0.3, 0.4) is 0 Å². The number of hydrogen-bond donors (Lipinski definition) is 2. The molecule has 1 unspecified atom stereocenters. The Morgan fingerprint density at radius 2 is 2.00 bits per heavy atom. The lowest BCUT2D eigenvalue weighted by Crippen LogP contribution is -2.28. The van der Waals surface area contributed by atoms with Crippen molar-refractivity contribution in [1.82, 2.24) is 0 Å². The molecule has 0 saturated carbocycles. The fraction of sp³-hybridized carbons (Fsp3) is 0.417. The molecule has 1 aromatic rings. The highest BCUT2D eigenvalue weighted by atomic mass is 16.6. The SMILES string of the molecule is C[C@H](CC(N)Cc1ccc([N+](=O)[O-])cc1)C(=O)O. The summed E-state index contributed by atoms with van der Waals surface area (Å²) in [5, 5.41) is 19.2. The van der Waals surface area contributed by atoms with Crippen LogP contribution < -0.4 is 5.73 Å². The smallest absolute Gasteiger partial charge is 0.306 e. The zero-order valence-corrected chi connectivity index (χ0v) is 10.1. The second-order valence-electron chi connectivity index (χ2n) is 4.36. The third-order valence-electron chi connectivity index (χ3n) is 2.72. The molecule has 2 atom stereocenters. The van der Waals surface area contributed by atoms with Crippen molar-refractivity contribution in [3.05, 3.63) is 39.9 Å². The van der Waals surface area contributed by atoms with E-state index in [0.717, 1.165) is 5.56 Å². The number of non-ortho nitro benzene ring substituents is 1. The number of hydrogen-bond acceptors (Lipinski definition) is 4. The molecule has 0 aromatic heterocycles. The van der Waals surface area contributed by atoms with Crippen molar-refractivity contribution < 1.29 is 14.8 Å². The predicted molar refractivity (Wildman–Crippen MR) is 66.2 cm³/mol. The van der Waals surface area contributed by atoms with Gasteiger partial charge in [-0.3, -0.25) is 14.9 Å². The Labute approximate surface area is 105 Å². The first-order valence-corrected chi connectivity index (χ1v) is 5.62. The summed E-state index contributed by atoms with van der Waals surface area (Å²) in [5.41, 5.74) is 6.74. The van der Waals surface area contributed by atoms with Crippen LogP contribution in [-0.2, 0) is 11.2 Å². The van der Waals surface area contributed by atoms with Gasteiger partial charge in [-0.05, 0) is 18.4 Å². The van der Waals surface area contributed by atoms with E-state index in [4.69, 9.17) is 10.8 Å². The van der Waals surface area contributed by atoms with Gasteiger partial charge < -0.3 is 10.8 Å². The van der Waals surface area contributed by atoms with Crippen molar-refractivity contribution in [2.45, 2.75) is 25.8 Å². The van der Waals surface area contributed by atoms with Crippen LogP contribution in [0.2, 0.25) is 0 Å². The average Bonchev–Trinajstić information content (AvgIpc) is 2.29. The minimum Gasteiger partial charge on any atom is -0.481 e. The van der Waals surface area contributed by atoms with Crippen LogP contribution in [0.4, 0.5) is 5.69 Å². The molecule has 3 N–H and O–H groups in total. The van der Waals surface area contributed by atoms with Crippen LogP contribution in [-0.4, -0.2) is 22.0 Å². The molecule has 0 aliphatic heterocycles. The van der Waals surface area contributed by atoms with E-state index in [-0.39, 0.29) is 11.7 Å². The largest absolute Gasteiger partial charge is 0.481 e. The summed E-state index contributed by atoms with van der Waals surface area (Å²) in [5.74, 6) is -1.35. The first-order valence-electron chi connectivity index (χ1n) is 5.62. The number of nitro groups is 1. The van der Waals surface area contributed by atoms with Gasteiger partial charge in [-0.15, -0.1) is 0 Å². The number of aliphatic carboxylic acids is 1. The number of carbonyl (C=O) groups is 1. The van der Waals surface area contributed by atoms with Crippen molar-refractivity contribution >= 4 is 11.7 Å². The fourth-order valence-electron chi connectivity index (χ4n) is 1.69. The minimum atomic E-state index is -0.867. The van der Waals surface area contributed by atoms with E-state index in [1.807, 2.05) is 0 Å². The molecule has 0 aliphatic rings. The molecule has 1 rings (SSSR count). The van der Waals surface area contributed by atoms with E-state index in [9.17, 15) is 14.9 Å². The van der Waals surface area contributed by atoms with Crippen LogP contribution >= 0.6 is 0 Å². The molecular weight excluding hydrogens is 236 g/mol. The summed E-state index contributed by atoms with van der Waals surface area (Å²) in [6.07, 6.45) is 0.891. The van der Waals surface area contributed by atoms with Crippen molar-refractivity contribution in [3.8, 4) is 0 Å². The summed E-state index contributed by atoms with van der Waals surface area (Å²) in [6, 6.07) is 5.86. The Hall–Kier alpha value is -1.95. The molecule has 98 valence electrons. The standard InChI is InChI=1S/C12H16N2O4/c1-8(12(15)16)6-10(13)7-9-2-4-11(5-3-9)14(17)18/h2-5,8,10H,6-7,13H2,1H3,(H,15,16)/t8-,10?/m1/s1. The third-order valence-corrected chi connectivity index (χ3v) is 2.72. The highest BCUT2D eigenvalue weighted by molar-refractivity contribution is 5.69. The normalized spacial score (nSPS) is 13.9. The molecular formula is C12H16N2O4. The Kier molecular flexibility index (Phi) is 4.79. The zero-order chi connectivity index (χ0) is 13.7. The van der Waals surface area contributed by atoms with Crippen molar-refractivity contribution in [3.63, 3.8) is 0 Å². The molecule has 0 bridgehead atoms. The Balaban J connectivity index is 2.56. The fourth-order valence-corrected chi connectivity index (χ4v) is 1.69. The summed E-state index contributed by atoms with van der Waals surface area (Å²) in [4.78, 5) is 20.7. The molecule has 0 saturated heterocycles. The molecule has 0 radical (unpaired) electrons. The van der Waals surface area contributed by atoms with Gasteiger partial charge in [0, 0.05) is 18.2 Å². The van der Waals surface area contributed by atoms with Gasteiger partial charge in [0.15, 0.2) is 0 Å². The number of nitro benzene ring substituents is 1. The van der Waals surface area contributed by atoms with E-state index in [2.05, 4.69) is 0 Å². The Morgan fingerprint density at radius 1 is 1.44 bits per heavy atom. The Morgan fingerprint density at radius 3 is 2.44 bits per heavy atom. The molecule has 6 nitrogen and oxygen atoms in total. The molecule has 0 fully saturated rings. The molecule has 0 heterocycles. The van der Waals surface area contributed by atoms with Gasteiger partial charge in [-0.25, -0.2) is 0 Å². The first kappa shape index (κ1) is 14.1. The lowest BCUT2D eigenvalue weighted by atomic mass is 9.97. The Bertz CT molecular complexity index is 430. The van der Waals surface area contributed by atoms with E-state index in [1.54, 1.807) is 19.1 Å². The highest BCUT2D eigenvalue weighted by Crippen LogP contribution is 2.15. The van der Waals surface area contributed by atoms with Crippen LogP contribution in [0.15, 0.2) is 24.3 Å². The number of nitrogens with two attached hydrogens (primary N) is 1. The van der Waals surface area contributed by atoms with Crippen LogP contribution in [0.1, 0.15) is 18.9 Å². The van der Waals surface area contributed by atoms with Gasteiger partial charge in [0.1, 0.15) is 0 Å². The van der Waals surface area contributed by atoms with E-state index in [1.165, 1.54) is 12.1 Å². The predicted octanol–water partition coefficient (Wildman–Crippen LogP) is 1.58. The summed E-state index contributed by atoms with van der Waals surface area (Å²) >= 11 is 0. The number of rotatable bonds is 6. The van der Waals surface area contributed by atoms with Crippen LogP contribution in [0.25, 0.3) is 0 Å². The molecule has 0 spiro atoms. The van der Waals surface area contributed by atoms with Crippen molar-refractivity contribution in [2.24, 2.45) is 11.7 Å². The number of benzene rings is 1. The molecule has 6 heteroatoms. The second kappa shape index (κ2) is 6.11. The molecule has 1 aromatic carbocycles. The second-order valence-corrected chi connectivity index (χ2v) is 4.36. The minimum absolute atomic E-state index is 0.0335. The maximum absolute atomic E-state index is 10.7. The first-order chi connectivity index (χ1) is 8.40. The van der Waals surface area contributed by atoms with Gasteiger partial charge in [-0.2, -0.15) is 0 Å². The van der Waals surface area contributed by atoms with Crippen molar-refractivity contribution in [1.29, 1.82) is 0 Å². The van der Waals surface area contributed by atoms with Gasteiger partial charge in [-0.1, -0.05) is 19.1 Å². The van der Waals surface area contributed by atoms with Crippen LogP contribution in [0.5, 0.6) is 0 Å². The molecule has 0 amide bonds. The highest BCUT2D eigenvalue weighted by Gasteiger charge is 2.16. The van der Waals surface area contributed by atoms with Crippen LogP contribution in [0, 0.1) is 16.0 Å². The monoisotopic (exact) mass is 252 g/mol. The lowest BCUT2D eigenvalue weighted by Gasteiger charge is -2.14. The van der Waals surface area contributed by atoms with Gasteiger partial charge >= 0.3 is 5.97 Å². The van der Waals surface area contributed by atoms with E-state index < -0.39 is 16.8 Å². The van der Waals surface area contributed by atoms with Gasteiger partial charge in [0.25, 0.3) is 5.69 Å². The molecule has 0 aliphatic carbocycles. The summed E-state index contributed by atoms with van der Waals surface area (Å²) in [6.45, 7) is 1.61. The average molecular weight is 252 g/mol. The molecule has 18 heavy (non-hydrogen) atoms. The third kappa shape index (κ3) is 4.14. The van der Waals surface area contributed by atoms with Gasteiger partial charge in [0.2, 0.25) is 0 Å². The topological polar surface area (TPSA) is 106 Å². The van der Waals surface area contributed by atoms with Crippen molar-refractivity contribution in [2.75, 3.05) is 0 Å². The maximum Gasteiger partial charge on any atom is 0.306 e. The quantitative estimate of drug-likeness (QED) is 0.590.